The van der Waals surface area contributed by atoms with Gasteiger partial charge >= 0.3 is 0 Å². The third kappa shape index (κ3) is 2.64. The normalized spacial score (nSPS) is 10.4. The molecule has 2 rings (SSSR count). The number of alkyl halides is 1. The van der Waals surface area contributed by atoms with Crippen molar-refractivity contribution in [3.63, 3.8) is 0 Å². The summed E-state index contributed by atoms with van der Waals surface area (Å²) in [6.45, 7) is 3.62. The molecule has 0 aliphatic carbocycles. The molecule has 0 unspecified atom stereocenters. The monoisotopic (exact) mass is 307 g/mol. The fourth-order valence-corrected chi connectivity index (χ4v) is 2.29. The molecule has 0 atom stereocenters. The molecule has 4 heteroatoms. The van der Waals surface area contributed by atoms with Gasteiger partial charge in [0, 0.05) is 11.0 Å². The number of carbonyl (C=O) groups is 1. The number of para-hydroxylation sites is 1. The molecule has 0 bridgehead atoms. The highest BCUT2D eigenvalue weighted by Crippen LogP contribution is 2.20. The zero-order chi connectivity index (χ0) is 13.1. The Morgan fingerprint density at radius 2 is 2.06 bits per heavy atom. The second-order valence-electron chi connectivity index (χ2n) is 4.07. The number of anilines is 1. The van der Waals surface area contributed by atoms with Gasteiger partial charge in [0.1, 0.15) is 11.5 Å². The summed E-state index contributed by atoms with van der Waals surface area (Å²) in [5.41, 5.74) is 2.44. The van der Waals surface area contributed by atoms with Gasteiger partial charge in [0.15, 0.2) is 0 Å². The third-order valence-electron chi connectivity index (χ3n) is 2.70. The lowest BCUT2D eigenvalue weighted by Gasteiger charge is -2.08. The molecule has 1 aromatic heterocycles. The first kappa shape index (κ1) is 12.9. The molecule has 0 aliphatic heterocycles. The molecule has 2 aromatic rings. The maximum Gasteiger partial charge on any atom is 0.259 e. The molecular formula is C14H14BrNO2. The largest absolute Gasteiger partial charge is 0.466 e. The molecule has 0 saturated heterocycles. The standard InChI is InChI=1S/C14H14BrNO2/c1-9-7-12(10(2)18-9)14(17)16-13-6-4-3-5-11(13)8-15/h3-7H,8H2,1-2H3,(H,16,17). The Labute approximate surface area is 114 Å². The number of halogens is 1. The number of carbonyl (C=O) groups excluding carboxylic acids is 1. The van der Waals surface area contributed by atoms with Crippen LogP contribution in [0.5, 0.6) is 0 Å². The van der Waals surface area contributed by atoms with Crippen molar-refractivity contribution in [2.24, 2.45) is 0 Å². The molecule has 94 valence electrons. The van der Waals surface area contributed by atoms with Gasteiger partial charge < -0.3 is 9.73 Å². The van der Waals surface area contributed by atoms with Crippen molar-refractivity contribution in [2.45, 2.75) is 19.2 Å². The van der Waals surface area contributed by atoms with Gasteiger partial charge in [-0.2, -0.15) is 0 Å². The van der Waals surface area contributed by atoms with E-state index in [4.69, 9.17) is 4.42 Å². The second kappa shape index (κ2) is 5.40. The molecule has 1 N–H and O–H groups in total. The average molecular weight is 308 g/mol. The fourth-order valence-electron chi connectivity index (χ4n) is 1.80. The van der Waals surface area contributed by atoms with Crippen molar-refractivity contribution in [1.82, 2.24) is 0 Å². The molecule has 1 amide bonds. The van der Waals surface area contributed by atoms with Gasteiger partial charge in [-0.25, -0.2) is 0 Å². The summed E-state index contributed by atoms with van der Waals surface area (Å²) in [6, 6.07) is 9.45. The van der Waals surface area contributed by atoms with Crippen LogP contribution in [0.25, 0.3) is 0 Å². The molecule has 18 heavy (non-hydrogen) atoms. The lowest BCUT2D eigenvalue weighted by molar-refractivity contribution is 0.102. The first-order chi connectivity index (χ1) is 8.61. The number of benzene rings is 1. The van der Waals surface area contributed by atoms with Crippen LogP contribution in [0.15, 0.2) is 34.7 Å². The predicted molar refractivity (Wildman–Crippen MR) is 75.2 cm³/mol. The summed E-state index contributed by atoms with van der Waals surface area (Å²) in [6.07, 6.45) is 0. The summed E-state index contributed by atoms with van der Waals surface area (Å²) >= 11 is 3.40. The minimum absolute atomic E-state index is 0.141. The van der Waals surface area contributed by atoms with Crippen LogP contribution < -0.4 is 5.32 Å². The van der Waals surface area contributed by atoms with Crippen molar-refractivity contribution in [2.75, 3.05) is 5.32 Å². The number of nitrogens with one attached hydrogen (secondary N) is 1. The first-order valence-corrected chi connectivity index (χ1v) is 6.76. The van der Waals surface area contributed by atoms with E-state index in [0.29, 0.717) is 16.7 Å². The molecule has 0 spiro atoms. The zero-order valence-electron chi connectivity index (χ0n) is 10.3. The van der Waals surface area contributed by atoms with E-state index in [-0.39, 0.29) is 5.91 Å². The second-order valence-corrected chi connectivity index (χ2v) is 4.63. The van der Waals surface area contributed by atoms with Gasteiger partial charge in [-0.05, 0) is 31.5 Å². The maximum atomic E-state index is 12.1. The number of amides is 1. The molecule has 0 fully saturated rings. The van der Waals surface area contributed by atoms with Gasteiger partial charge in [0.05, 0.1) is 5.56 Å². The van der Waals surface area contributed by atoms with Crippen molar-refractivity contribution in [1.29, 1.82) is 0 Å². The quantitative estimate of drug-likeness (QED) is 0.869. The van der Waals surface area contributed by atoms with E-state index in [9.17, 15) is 4.79 Å². The zero-order valence-corrected chi connectivity index (χ0v) is 11.9. The van der Waals surface area contributed by atoms with E-state index in [1.165, 1.54) is 0 Å². The van der Waals surface area contributed by atoms with E-state index in [1.807, 2.05) is 31.2 Å². The van der Waals surface area contributed by atoms with Gasteiger partial charge in [0.2, 0.25) is 0 Å². The Balaban J connectivity index is 2.24. The van der Waals surface area contributed by atoms with Crippen molar-refractivity contribution in [3.8, 4) is 0 Å². The molecule has 0 aliphatic rings. The Kier molecular flexibility index (Phi) is 3.87. The van der Waals surface area contributed by atoms with Crippen LogP contribution in [0.4, 0.5) is 5.69 Å². The summed E-state index contributed by atoms with van der Waals surface area (Å²) < 4.78 is 5.36. The minimum atomic E-state index is -0.141. The minimum Gasteiger partial charge on any atom is -0.466 e. The van der Waals surface area contributed by atoms with Crippen LogP contribution in [-0.4, -0.2) is 5.91 Å². The third-order valence-corrected chi connectivity index (χ3v) is 3.30. The van der Waals surface area contributed by atoms with E-state index in [2.05, 4.69) is 21.2 Å². The van der Waals surface area contributed by atoms with Crippen LogP contribution in [0.1, 0.15) is 27.4 Å². The van der Waals surface area contributed by atoms with E-state index < -0.39 is 0 Å². The van der Waals surface area contributed by atoms with Crippen molar-refractivity contribution in [3.05, 3.63) is 53.0 Å². The lowest BCUT2D eigenvalue weighted by atomic mass is 10.2. The van der Waals surface area contributed by atoms with Gasteiger partial charge in [-0.1, -0.05) is 34.1 Å². The Hall–Kier alpha value is -1.55. The van der Waals surface area contributed by atoms with E-state index in [1.54, 1.807) is 13.0 Å². The molecule has 1 heterocycles. The smallest absolute Gasteiger partial charge is 0.259 e. The van der Waals surface area contributed by atoms with Crippen LogP contribution in [0.2, 0.25) is 0 Å². The first-order valence-electron chi connectivity index (χ1n) is 5.64. The van der Waals surface area contributed by atoms with Crippen LogP contribution in [-0.2, 0) is 5.33 Å². The Morgan fingerprint density at radius 1 is 1.33 bits per heavy atom. The number of rotatable bonds is 3. The van der Waals surface area contributed by atoms with Gasteiger partial charge in [-0.3, -0.25) is 4.79 Å². The Morgan fingerprint density at radius 3 is 2.67 bits per heavy atom. The van der Waals surface area contributed by atoms with E-state index >= 15 is 0 Å². The average Bonchev–Trinajstić information content (AvgIpc) is 2.69. The highest BCUT2D eigenvalue weighted by Gasteiger charge is 2.14. The van der Waals surface area contributed by atoms with Crippen molar-refractivity contribution >= 4 is 27.5 Å². The number of aryl methyl sites for hydroxylation is 2. The van der Waals surface area contributed by atoms with Gasteiger partial charge in [0.25, 0.3) is 5.91 Å². The van der Waals surface area contributed by atoms with Crippen LogP contribution in [0.3, 0.4) is 0 Å². The maximum absolute atomic E-state index is 12.1. The summed E-state index contributed by atoms with van der Waals surface area (Å²) in [5, 5.41) is 3.60. The highest BCUT2D eigenvalue weighted by molar-refractivity contribution is 9.08. The lowest BCUT2D eigenvalue weighted by Crippen LogP contribution is -2.13. The fraction of sp³-hybridized carbons (Fsp3) is 0.214. The summed E-state index contributed by atoms with van der Waals surface area (Å²) in [5.74, 6) is 1.24. The SMILES string of the molecule is Cc1cc(C(=O)Nc2ccccc2CBr)c(C)o1. The van der Waals surface area contributed by atoms with Crippen LogP contribution in [0, 0.1) is 13.8 Å². The highest BCUT2D eigenvalue weighted by atomic mass is 79.9. The summed E-state index contributed by atoms with van der Waals surface area (Å²) in [7, 11) is 0. The van der Waals surface area contributed by atoms with Gasteiger partial charge in [-0.15, -0.1) is 0 Å². The topological polar surface area (TPSA) is 42.2 Å². The molecule has 3 nitrogen and oxygen atoms in total. The number of hydrogen-bond acceptors (Lipinski definition) is 2. The van der Waals surface area contributed by atoms with Crippen LogP contribution >= 0.6 is 15.9 Å². The molecule has 0 saturated carbocycles. The number of furan rings is 1. The Bertz CT molecular complexity index is 575. The van der Waals surface area contributed by atoms with Crippen molar-refractivity contribution < 1.29 is 9.21 Å². The molecule has 1 aromatic carbocycles. The summed E-state index contributed by atoms with van der Waals surface area (Å²) in [4.78, 5) is 12.1. The predicted octanol–water partition coefficient (Wildman–Crippen LogP) is 4.04. The molecule has 0 radical (unpaired) electrons. The molecular weight excluding hydrogens is 294 g/mol. The number of hydrogen-bond donors (Lipinski definition) is 1. The van der Waals surface area contributed by atoms with E-state index in [0.717, 1.165) is 17.0 Å².